The Morgan fingerprint density at radius 2 is 1.39 bits per heavy atom. The zero-order chi connectivity index (χ0) is 23.1. The fourth-order valence-corrected chi connectivity index (χ4v) is 5.28. The first kappa shape index (κ1) is 25.8. The van der Waals surface area contributed by atoms with Gasteiger partial charge in [-0.25, -0.2) is 0 Å². The van der Waals surface area contributed by atoms with E-state index in [0.717, 1.165) is 36.3 Å². The van der Waals surface area contributed by atoms with E-state index < -0.39 is 0 Å². The van der Waals surface area contributed by atoms with Crippen LogP contribution in [0.25, 0.3) is 11.3 Å². The number of benzene rings is 1. The van der Waals surface area contributed by atoms with Crippen LogP contribution < -0.4 is 4.74 Å². The maximum Gasteiger partial charge on any atom is 0.137 e. The second-order valence-corrected chi connectivity index (χ2v) is 10.2. The summed E-state index contributed by atoms with van der Waals surface area (Å²) in [7, 11) is 0. The zero-order valence-corrected chi connectivity index (χ0v) is 21.4. The van der Waals surface area contributed by atoms with Gasteiger partial charge in [0.15, 0.2) is 0 Å². The summed E-state index contributed by atoms with van der Waals surface area (Å²) in [6.07, 6.45) is 22.4. The molecule has 0 bridgehead atoms. The van der Waals surface area contributed by atoms with Crippen molar-refractivity contribution < 1.29 is 4.74 Å². The molecule has 0 radical (unpaired) electrons. The van der Waals surface area contributed by atoms with Crippen LogP contribution in [0.3, 0.4) is 0 Å². The molecule has 1 aromatic carbocycles. The van der Waals surface area contributed by atoms with Gasteiger partial charge in [0.25, 0.3) is 0 Å². The molecule has 33 heavy (non-hydrogen) atoms. The van der Waals surface area contributed by atoms with Crippen LogP contribution in [-0.4, -0.2) is 11.6 Å². The monoisotopic (exact) mass is 449 g/mol. The Hall–Kier alpha value is -1.83. The number of hydrogen-bond acceptors (Lipinski definition) is 2. The van der Waals surface area contributed by atoms with Crippen molar-refractivity contribution in [1.29, 1.82) is 0 Å². The molecule has 0 spiro atoms. The van der Waals surface area contributed by atoms with Crippen molar-refractivity contribution in [3.63, 3.8) is 0 Å². The minimum Gasteiger partial charge on any atom is -0.492 e. The molecule has 0 aliphatic heterocycles. The summed E-state index contributed by atoms with van der Waals surface area (Å²) in [5, 5.41) is 0. The molecule has 182 valence electrons. The zero-order valence-electron chi connectivity index (χ0n) is 21.4. The normalized spacial score (nSPS) is 18.4. The second kappa shape index (κ2) is 15.1. The Kier molecular flexibility index (Phi) is 11.8. The van der Waals surface area contributed by atoms with E-state index in [-0.39, 0.29) is 0 Å². The van der Waals surface area contributed by atoms with E-state index in [4.69, 9.17) is 4.74 Å². The van der Waals surface area contributed by atoms with Gasteiger partial charge >= 0.3 is 0 Å². The lowest BCUT2D eigenvalue weighted by molar-refractivity contribution is 0.302. The van der Waals surface area contributed by atoms with Gasteiger partial charge in [-0.1, -0.05) is 102 Å². The van der Waals surface area contributed by atoms with E-state index in [9.17, 15) is 0 Å². The van der Waals surface area contributed by atoms with Gasteiger partial charge in [-0.15, -0.1) is 0 Å². The van der Waals surface area contributed by atoms with Gasteiger partial charge in [-0.05, 0) is 61.6 Å². The lowest BCUT2D eigenvalue weighted by Crippen LogP contribution is -2.13. The third kappa shape index (κ3) is 9.14. The summed E-state index contributed by atoms with van der Waals surface area (Å²) >= 11 is 0. The molecular formula is C31H47NO. The molecule has 3 rings (SSSR count). The molecule has 0 amide bonds. The number of pyridine rings is 1. The lowest BCUT2D eigenvalue weighted by Gasteiger charge is -2.29. The summed E-state index contributed by atoms with van der Waals surface area (Å²) in [6.45, 7) is 5.32. The van der Waals surface area contributed by atoms with E-state index in [0.29, 0.717) is 0 Å². The van der Waals surface area contributed by atoms with Crippen LogP contribution in [0.1, 0.15) is 122 Å². The third-order valence-corrected chi connectivity index (χ3v) is 7.49. The maximum atomic E-state index is 5.83. The largest absolute Gasteiger partial charge is 0.492 e. The van der Waals surface area contributed by atoms with E-state index >= 15 is 0 Å². The van der Waals surface area contributed by atoms with Crippen molar-refractivity contribution in [3.05, 3.63) is 48.2 Å². The maximum absolute atomic E-state index is 5.83. The standard InChI is InChI=1S/C31H47NO/c1-3-5-7-9-10-11-13-26-14-16-27(17-15-26)28-18-20-29(21-19-28)31-23-22-30(25-32-31)33-24-12-8-6-4-2/h18-23,25-27H,3-17,24H2,1-2H3. The minimum atomic E-state index is 0.747. The molecule has 0 atom stereocenters. The van der Waals surface area contributed by atoms with E-state index in [1.807, 2.05) is 6.20 Å². The highest BCUT2D eigenvalue weighted by Gasteiger charge is 2.22. The lowest BCUT2D eigenvalue weighted by atomic mass is 9.77. The van der Waals surface area contributed by atoms with Crippen molar-refractivity contribution in [2.24, 2.45) is 5.92 Å². The summed E-state index contributed by atoms with van der Waals surface area (Å²) in [6, 6.07) is 13.3. The first-order valence-electron chi connectivity index (χ1n) is 14.0. The molecule has 0 unspecified atom stereocenters. The molecule has 2 heteroatoms. The van der Waals surface area contributed by atoms with Crippen molar-refractivity contribution in [3.8, 4) is 17.0 Å². The summed E-state index contributed by atoms with van der Waals surface area (Å²) in [5.74, 6) is 2.60. The molecule has 0 saturated heterocycles. The van der Waals surface area contributed by atoms with Gasteiger partial charge in [0.2, 0.25) is 0 Å². The molecule has 1 aliphatic carbocycles. The van der Waals surface area contributed by atoms with E-state index in [1.165, 1.54) is 101 Å². The van der Waals surface area contributed by atoms with Crippen LogP contribution in [0.5, 0.6) is 5.75 Å². The van der Waals surface area contributed by atoms with Crippen LogP contribution in [0.4, 0.5) is 0 Å². The van der Waals surface area contributed by atoms with Crippen molar-refractivity contribution in [1.82, 2.24) is 4.98 Å². The van der Waals surface area contributed by atoms with Crippen molar-refractivity contribution >= 4 is 0 Å². The minimum absolute atomic E-state index is 0.747. The van der Waals surface area contributed by atoms with Gasteiger partial charge in [-0.3, -0.25) is 4.98 Å². The number of nitrogens with zero attached hydrogens (tertiary/aromatic N) is 1. The summed E-state index contributed by atoms with van der Waals surface area (Å²) in [5.41, 5.74) is 3.75. The predicted octanol–water partition coefficient (Wildman–Crippen LogP) is 9.73. The molecule has 1 saturated carbocycles. The van der Waals surface area contributed by atoms with Crippen molar-refractivity contribution in [2.75, 3.05) is 6.61 Å². The van der Waals surface area contributed by atoms with Crippen LogP contribution >= 0.6 is 0 Å². The fourth-order valence-electron chi connectivity index (χ4n) is 5.28. The molecule has 0 N–H and O–H groups in total. The number of unbranched alkanes of at least 4 members (excludes halogenated alkanes) is 8. The highest BCUT2D eigenvalue weighted by molar-refractivity contribution is 5.60. The molecule has 1 aromatic heterocycles. The van der Waals surface area contributed by atoms with Gasteiger partial charge in [0, 0.05) is 5.56 Å². The molecule has 1 fully saturated rings. The van der Waals surface area contributed by atoms with Crippen LogP contribution in [0.15, 0.2) is 42.6 Å². The Morgan fingerprint density at radius 3 is 2.06 bits per heavy atom. The average molecular weight is 450 g/mol. The molecule has 1 aliphatic rings. The highest BCUT2D eigenvalue weighted by atomic mass is 16.5. The Morgan fingerprint density at radius 1 is 0.727 bits per heavy atom. The number of hydrogen-bond donors (Lipinski definition) is 0. The SMILES string of the molecule is CCCCCCCCC1CCC(c2ccc(-c3ccc(OCCCCCC)cn3)cc2)CC1. The molecule has 2 nitrogen and oxygen atoms in total. The predicted molar refractivity (Wildman–Crippen MR) is 142 cm³/mol. The Bertz CT molecular complexity index is 743. The first-order chi connectivity index (χ1) is 16.3. The second-order valence-electron chi connectivity index (χ2n) is 10.2. The topological polar surface area (TPSA) is 22.1 Å². The van der Waals surface area contributed by atoms with Crippen molar-refractivity contribution in [2.45, 2.75) is 116 Å². The summed E-state index contributed by atoms with van der Waals surface area (Å²) in [4.78, 5) is 4.64. The quantitative estimate of drug-likeness (QED) is 0.252. The van der Waals surface area contributed by atoms with E-state index in [2.05, 4.69) is 55.2 Å². The fraction of sp³-hybridized carbons (Fsp3) is 0.645. The van der Waals surface area contributed by atoms with E-state index in [1.54, 1.807) is 0 Å². The highest BCUT2D eigenvalue weighted by Crippen LogP contribution is 2.38. The number of rotatable bonds is 15. The molecule has 2 aromatic rings. The van der Waals surface area contributed by atoms with Crippen LogP contribution in [-0.2, 0) is 0 Å². The van der Waals surface area contributed by atoms with Gasteiger partial charge in [0.05, 0.1) is 18.5 Å². The molecule has 1 heterocycles. The smallest absolute Gasteiger partial charge is 0.137 e. The average Bonchev–Trinajstić information content (AvgIpc) is 2.87. The van der Waals surface area contributed by atoms with Crippen LogP contribution in [0.2, 0.25) is 0 Å². The Balaban J connectivity index is 1.39. The summed E-state index contributed by atoms with van der Waals surface area (Å²) < 4.78 is 5.83. The van der Waals surface area contributed by atoms with Gasteiger partial charge in [0.1, 0.15) is 5.75 Å². The van der Waals surface area contributed by atoms with Gasteiger partial charge in [-0.2, -0.15) is 0 Å². The van der Waals surface area contributed by atoms with Crippen LogP contribution in [0, 0.1) is 5.92 Å². The van der Waals surface area contributed by atoms with Gasteiger partial charge < -0.3 is 4.74 Å². The Labute approximate surface area is 203 Å². The number of aromatic nitrogens is 1. The number of ether oxygens (including phenoxy) is 1. The first-order valence-corrected chi connectivity index (χ1v) is 14.0. The third-order valence-electron chi connectivity index (χ3n) is 7.49. The molecular weight excluding hydrogens is 402 g/mol.